The first-order valence-electron chi connectivity index (χ1n) is 8.91. The Bertz CT molecular complexity index is 760. The molecule has 0 saturated carbocycles. The van der Waals surface area contributed by atoms with Gasteiger partial charge in [-0.1, -0.05) is 32.9 Å². The Morgan fingerprint density at radius 3 is 2.31 bits per heavy atom. The van der Waals surface area contributed by atoms with Crippen molar-refractivity contribution in [3.63, 3.8) is 0 Å². The largest absolute Gasteiger partial charge is 0.352 e. The van der Waals surface area contributed by atoms with Crippen LogP contribution < -0.4 is 10.2 Å². The van der Waals surface area contributed by atoms with Crippen LogP contribution in [0.15, 0.2) is 30.5 Å². The number of anilines is 3. The van der Waals surface area contributed by atoms with Crippen LogP contribution in [0.3, 0.4) is 0 Å². The van der Waals surface area contributed by atoms with E-state index in [0.717, 1.165) is 24.6 Å². The van der Waals surface area contributed by atoms with Crippen molar-refractivity contribution in [2.24, 2.45) is 0 Å². The number of carbonyl (C=O) groups is 1. The number of carbonyl (C=O) groups excluding carboxylic acids is 1. The van der Waals surface area contributed by atoms with Crippen molar-refractivity contribution in [2.45, 2.75) is 33.1 Å². The van der Waals surface area contributed by atoms with Gasteiger partial charge in [0.25, 0.3) is 0 Å². The Morgan fingerprint density at radius 2 is 1.73 bits per heavy atom. The van der Waals surface area contributed by atoms with Crippen molar-refractivity contribution in [1.82, 2.24) is 20.1 Å². The number of aromatic nitrogens is 3. The van der Waals surface area contributed by atoms with E-state index >= 15 is 0 Å². The summed E-state index contributed by atoms with van der Waals surface area (Å²) in [6, 6.07) is 8.28. The Kier molecular flexibility index (Phi) is 5.06. The van der Waals surface area contributed by atoms with E-state index in [1.807, 2.05) is 17.0 Å². The average molecular weight is 354 g/mol. The zero-order chi connectivity index (χ0) is 18.7. The minimum atomic E-state index is 0.117. The van der Waals surface area contributed by atoms with Crippen LogP contribution in [0.25, 0.3) is 0 Å². The summed E-state index contributed by atoms with van der Waals surface area (Å²) < 4.78 is 0. The van der Waals surface area contributed by atoms with Crippen molar-refractivity contribution in [2.75, 3.05) is 36.4 Å². The molecule has 1 fully saturated rings. The summed E-state index contributed by atoms with van der Waals surface area (Å²) in [6.07, 6.45) is 1.66. The van der Waals surface area contributed by atoms with E-state index < -0.39 is 0 Å². The molecule has 0 atom stereocenters. The quantitative estimate of drug-likeness (QED) is 0.913. The Hall–Kier alpha value is -2.70. The summed E-state index contributed by atoms with van der Waals surface area (Å²) in [5, 5.41) is 11.4. The summed E-state index contributed by atoms with van der Waals surface area (Å²) in [4.78, 5) is 20.0. The Labute approximate surface area is 154 Å². The van der Waals surface area contributed by atoms with Gasteiger partial charge in [0.15, 0.2) is 5.82 Å². The highest BCUT2D eigenvalue weighted by Crippen LogP contribution is 2.24. The van der Waals surface area contributed by atoms with E-state index in [1.54, 1.807) is 13.1 Å². The summed E-state index contributed by atoms with van der Waals surface area (Å²) in [6.45, 7) is 11.1. The number of hydrogen-bond donors (Lipinski definition) is 1. The van der Waals surface area contributed by atoms with Gasteiger partial charge in [-0.05, 0) is 23.1 Å². The van der Waals surface area contributed by atoms with E-state index in [1.165, 1.54) is 5.56 Å². The molecule has 2 heterocycles. The average Bonchev–Trinajstić information content (AvgIpc) is 2.62. The molecule has 1 aromatic carbocycles. The first kappa shape index (κ1) is 18.1. The molecule has 0 radical (unpaired) electrons. The topological polar surface area (TPSA) is 74.2 Å². The first-order valence-corrected chi connectivity index (χ1v) is 8.91. The van der Waals surface area contributed by atoms with Gasteiger partial charge < -0.3 is 15.1 Å². The zero-order valence-corrected chi connectivity index (χ0v) is 15.9. The van der Waals surface area contributed by atoms with Gasteiger partial charge in [-0.2, -0.15) is 10.1 Å². The fourth-order valence-electron chi connectivity index (χ4n) is 2.93. The van der Waals surface area contributed by atoms with Crippen LogP contribution in [0.1, 0.15) is 33.3 Å². The lowest BCUT2D eigenvalue weighted by molar-refractivity contribution is -0.129. The van der Waals surface area contributed by atoms with Crippen molar-refractivity contribution >= 4 is 23.4 Å². The van der Waals surface area contributed by atoms with Crippen LogP contribution in [0.4, 0.5) is 17.5 Å². The van der Waals surface area contributed by atoms with Crippen LogP contribution in [-0.4, -0.2) is 52.2 Å². The normalized spacial score (nSPS) is 15.1. The van der Waals surface area contributed by atoms with Crippen molar-refractivity contribution < 1.29 is 4.79 Å². The maximum absolute atomic E-state index is 11.4. The lowest BCUT2D eigenvalue weighted by atomic mass is 9.87. The molecule has 138 valence electrons. The van der Waals surface area contributed by atoms with Crippen LogP contribution in [0, 0.1) is 0 Å². The van der Waals surface area contributed by atoms with E-state index in [4.69, 9.17) is 0 Å². The highest BCUT2D eigenvalue weighted by Gasteiger charge is 2.20. The third-order valence-electron chi connectivity index (χ3n) is 4.60. The molecule has 7 heteroatoms. The number of benzene rings is 1. The fraction of sp³-hybridized carbons (Fsp3) is 0.474. The lowest BCUT2D eigenvalue weighted by Crippen LogP contribution is -2.48. The molecule has 7 nitrogen and oxygen atoms in total. The minimum Gasteiger partial charge on any atom is -0.352 e. The minimum absolute atomic E-state index is 0.117. The van der Waals surface area contributed by atoms with Crippen LogP contribution >= 0.6 is 0 Å². The number of nitrogens with one attached hydrogen (secondary N) is 1. The third-order valence-corrected chi connectivity index (χ3v) is 4.60. The van der Waals surface area contributed by atoms with Crippen molar-refractivity contribution in [3.05, 3.63) is 36.0 Å². The molecular formula is C19H26N6O. The number of rotatable bonds is 3. The predicted octanol–water partition coefficient (Wildman–Crippen LogP) is 2.58. The van der Waals surface area contributed by atoms with E-state index in [9.17, 15) is 4.79 Å². The van der Waals surface area contributed by atoms with E-state index in [-0.39, 0.29) is 11.3 Å². The highest BCUT2D eigenvalue weighted by molar-refractivity contribution is 5.73. The molecule has 0 bridgehead atoms. The molecule has 0 aliphatic carbocycles. The number of piperazine rings is 1. The van der Waals surface area contributed by atoms with Gasteiger partial charge >= 0.3 is 0 Å². The molecule has 1 saturated heterocycles. The van der Waals surface area contributed by atoms with Crippen LogP contribution in [0.5, 0.6) is 0 Å². The monoisotopic (exact) mass is 354 g/mol. The molecule has 1 aromatic heterocycles. The first-order chi connectivity index (χ1) is 12.3. The maximum atomic E-state index is 11.4. The molecule has 3 rings (SSSR count). The van der Waals surface area contributed by atoms with Gasteiger partial charge in [-0.25, -0.2) is 0 Å². The van der Waals surface area contributed by atoms with Crippen LogP contribution in [0.2, 0.25) is 0 Å². The summed E-state index contributed by atoms with van der Waals surface area (Å²) in [5.74, 6) is 1.36. The second-order valence-corrected chi connectivity index (χ2v) is 7.58. The molecule has 0 spiro atoms. The summed E-state index contributed by atoms with van der Waals surface area (Å²) in [5.41, 5.74) is 2.33. The van der Waals surface area contributed by atoms with E-state index in [0.29, 0.717) is 19.0 Å². The van der Waals surface area contributed by atoms with Gasteiger partial charge in [0, 0.05) is 38.8 Å². The van der Waals surface area contributed by atoms with Gasteiger partial charge in [-0.3, -0.25) is 4.79 Å². The Balaban J connectivity index is 1.67. The summed E-state index contributed by atoms with van der Waals surface area (Å²) >= 11 is 0. The maximum Gasteiger partial charge on any atom is 0.249 e. The van der Waals surface area contributed by atoms with Crippen molar-refractivity contribution in [1.29, 1.82) is 0 Å². The molecule has 2 aromatic rings. The second kappa shape index (κ2) is 7.27. The second-order valence-electron chi connectivity index (χ2n) is 7.58. The molecule has 26 heavy (non-hydrogen) atoms. The Morgan fingerprint density at radius 1 is 1.08 bits per heavy atom. The zero-order valence-electron chi connectivity index (χ0n) is 15.9. The van der Waals surface area contributed by atoms with Gasteiger partial charge in [-0.15, -0.1) is 5.10 Å². The standard InChI is InChI=1S/C19H26N6O/c1-14(26)24-9-11-25(12-10-24)17-13-20-23-18(22-17)21-16-7-5-15(6-8-16)19(2,3)4/h5-8,13H,9-12H2,1-4H3,(H,21,22,23). The molecule has 1 N–H and O–H groups in total. The molecule has 0 unspecified atom stereocenters. The van der Waals surface area contributed by atoms with Gasteiger partial charge in [0.2, 0.25) is 11.9 Å². The van der Waals surface area contributed by atoms with Gasteiger partial charge in [0.1, 0.15) is 0 Å². The van der Waals surface area contributed by atoms with E-state index in [2.05, 4.69) is 58.3 Å². The lowest BCUT2D eigenvalue weighted by Gasteiger charge is -2.34. The predicted molar refractivity (Wildman–Crippen MR) is 103 cm³/mol. The molecule has 1 aliphatic heterocycles. The van der Waals surface area contributed by atoms with Crippen LogP contribution in [-0.2, 0) is 10.2 Å². The summed E-state index contributed by atoms with van der Waals surface area (Å²) in [7, 11) is 0. The third kappa shape index (κ3) is 4.28. The molecule has 1 amide bonds. The number of amides is 1. The fourth-order valence-corrected chi connectivity index (χ4v) is 2.93. The highest BCUT2D eigenvalue weighted by atomic mass is 16.2. The number of nitrogens with zero attached hydrogens (tertiary/aromatic N) is 5. The van der Waals surface area contributed by atoms with Gasteiger partial charge in [0.05, 0.1) is 6.20 Å². The smallest absolute Gasteiger partial charge is 0.249 e. The number of hydrogen-bond acceptors (Lipinski definition) is 6. The molecule has 1 aliphatic rings. The molecular weight excluding hydrogens is 328 g/mol. The SMILES string of the molecule is CC(=O)N1CCN(c2cnnc(Nc3ccc(C(C)(C)C)cc3)n2)CC1. The van der Waals surface area contributed by atoms with Crippen molar-refractivity contribution in [3.8, 4) is 0 Å².